The summed E-state index contributed by atoms with van der Waals surface area (Å²) in [4.78, 5) is 27.5. The van der Waals surface area contributed by atoms with Gasteiger partial charge in [-0.25, -0.2) is 4.79 Å². The van der Waals surface area contributed by atoms with Crippen molar-refractivity contribution in [3.63, 3.8) is 0 Å². The smallest absolute Gasteiger partial charge is 0.434 e. The number of fused-ring (bicyclic) bond motifs is 2. The number of nitrogens with one attached hydrogen (secondary N) is 2. The molecule has 2 N–H and O–H groups in total. The molecule has 0 radical (unpaired) electrons. The van der Waals surface area contributed by atoms with E-state index in [2.05, 4.69) is 15.3 Å². The molecule has 0 spiro atoms. The number of amides is 1. The summed E-state index contributed by atoms with van der Waals surface area (Å²) in [6.07, 6.45) is 6.45. The van der Waals surface area contributed by atoms with Gasteiger partial charge < -0.3 is 19.4 Å². The van der Waals surface area contributed by atoms with Gasteiger partial charge >= 0.3 is 6.16 Å². The molecule has 0 atom stereocenters. The Kier molecular flexibility index (Phi) is 7.47. The van der Waals surface area contributed by atoms with Gasteiger partial charge in [0.15, 0.2) is 6.73 Å². The van der Waals surface area contributed by atoms with Gasteiger partial charge in [0, 0.05) is 34.0 Å². The molecule has 1 amide bonds. The lowest BCUT2D eigenvalue weighted by molar-refractivity contribution is -0.110. The van der Waals surface area contributed by atoms with Crippen molar-refractivity contribution in [2.24, 2.45) is 5.11 Å². The van der Waals surface area contributed by atoms with E-state index in [4.69, 9.17) is 15.0 Å². The molecule has 0 unspecified atom stereocenters. The zero-order valence-electron chi connectivity index (χ0n) is 18.7. The molecule has 174 valence electrons. The lowest BCUT2D eigenvalue weighted by Crippen LogP contribution is -2.11. The fourth-order valence-corrected chi connectivity index (χ4v) is 3.94. The third-order valence-corrected chi connectivity index (χ3v) is 5.59. The molecule has 0 bridgehead atoms. The van der Waals surface area contributed by atoms with E-state index in [1.165, 1.54) is 0 Å². The molecule has 0 saturated carbocycles. The monoisotopic (exact) mass is 460 g/mol. The highest BCUT2D eigenvalue weighted by Gasteiger charge is 2.24. The maximum Gasteiger partial charge on any atom is 0.510 e. The van der Waals surface area contributed by atoms with E-state index < -0.39 is 6.16 Å². The van der Waals surface area contributed by atoms with E-state index in [0.717, 1.165) is 53.4 Å². The molecule has 1 aliphatic rings. The molecular formula is C25H26N5O4+. The van der Waals surface area contributed by atoms with Crippen LogP contribution in [0.1, 0.15) is 36.8 Å². The first kappa shape index (κ1) is 22.9. The molecule has 2 aromatic carbocycles. The molecule has 1 aliphatic heterocycles. The van der Waals surface area contributed by atoms with E-state index in [9.17, 15) is 9.59 Å². The Bertz CT molecular complexity index is 1270. The normalized spacial score (nSPS) is 13.4. The van der Waals surface area contributed by atoms with Crippen LogP contribution in [0, 0.1) is 5.53 Å². The zero-order valence-corrected chi connectivity index (χ0v) is 18.7. The lowest BCUT2D eigenvalue weighted by Gasteiger charge is -2.08. The molecule has 2 heterocycles. The Balaban J connectivity index is 1.38. The van der Waals surface area contributed by atoms with Gasteiger partial charge in [0.1, 0.15) is 17.2 Å². The number of nitrogens with zero attached hydrogens (tertiary/aromatic N) is 3. The first-order valence-electron chi connectivity index (χ1n) is 11.2. The summed E-state index contributed by atoms with van der Waals surface area (Å²) in [6, 6.07) is 15.3. The Hall–Kier alpha value is -4.23. The minimum Gasteiger partial charge on any atom is -0.434 e. The highest BCUT2D eigenvalue weighted by Crippen LogP contribution is 2.34. The largest absolute Gasteiger partial charge is 0.510 e. The molecule has 9 nitrogen and oxygen atoms in total. The van der Waals surface area contributed by atoms with Crippen LogP contribution < -0.4 is 10.2 Å². The van der Waals surface area contributed by atoms with Crippen LogP contribution in [0.3, 0.4) is 0 Å². The maximum absolute atomic E-state index is 12.5. The van der Waals surface area contributed by atoms with Crippen LogP contribution in [-0.2, 0) is 21.0 Å². The summed E-state index contributed by atoms with van der Waals surface area (Å²) in [5.41, 5.74) is 10.6. The fraction of sp³-hybridized carbons (Fsp3) is 0.280. The Morgan fingerprint density at radius 2 is 1.85 bits per heavy atom. The summed E-state index contributed by atoms with van der Waals surface area (Å²) in [7, 11) is 0. The highest BCUT2D eigenvalue weighted by molar-refractivity contribution is 6.35. The standard InChI is InChI=1S/C25H25N5O4/c26-29-27-13-7-1-2-8-14-33-25(32)34-17-30-16-18(19-9-4-6-12-23(19)30)15-21-20-10-3-5-11-22(20)28-24(21)31/h3-6,9-12,15-16,26H,1-2,7-8,13-14,17H2/p+1/b21-15-. The van der Waals surface area contributed by atoms with Gasteiger partial charge in [-0.3, -0.25) is 4.79 Å². The minimum atomic E-state index is -0.718. The number of carbonyl (C=O) groups is 2. The molecule has 3 aromatic rings. The summed E-state index contributed by atoms with van der Waals surface area (Å²) in [5, 5.41) is 7.44. The van der Waals surface area contributed by atoms with Gasteiger partial charge in [0.05, 0.1) is 12.1 Å². The lowest BCUT2D eigenvalue weighted by atomic mass is 10.0. The summed E-state index contributed by atoms with van der Waals surface area (Å²) < 4.78 is 12.3. The average Bonchev–Trinajstić information content (AvgIpc) is 3.37. The predicted octanol–water partition coefficient (Wildman–Crippen LogP) is 5.36. The third-order valence-electron chi connectivity index (χ3n) is 5.59. The summed E-state index contributed by atoms with van der Waals surface area (Å²) >= 11 is 0. The van der Waals surface area contributed by atoms with Crippen LogP contribution in [0.25, 0.3) is 22.6 Å². The van der Waals surface area contributed by atoms with Crippen LogP contribution in [0.5, 0.6) is 0 Å². The van der Waals surface area contributed by atoms with Gasteiger partial charge in [-0.1, -0.05) is 42.8 Å². The highest BCUT2D eigenvalue weighted by atomic mass is 16.7. The van der Waals surface area contributed by atoms with Gasteiger partial charge in [0.2, 0.25) is 4.91 Å². The van der Waals surface area contributed by atoms with Crippen molar-refractivity contribution in [3.05, 3.63) is 65.9 Å². The number of anilines is 1. The van der Waals surface area contributed by atoms with E-state index in [-0.39, 0.29) is 19.2 Å². The number of hydrogen-bond donors (Lipinski definition) is 2. The molecule has 1 aromatic heterocycles. The second-order valence-electron chi connectivity index (χ2n) is 7.88. The van der Waals surface area contributed by atoms with E-state index in [1.54, 1.807) is 0 Å². The fourth-order valence-electron chi connectivity index (χ4n) is 3.94. The van der Waals surface area contributed by atoms with Crippen molar-refractivity contribution < 1.29 is 19.1 Å². The van der Waals surface area contributed by atoms with Gasteiger partial charge in [-0.2, -0.15) is 0 Å². The van der Waals surface area contributed by atoms with Crippen LogP contribution in [0.15, 0.2) is 59.8 Å². The van der Waals surface area contributed by atoms with E-state index in [0.29, 0.717) is 12.1 Å². The average molecular weight is 461 g/mol. The Morgan fingerprint density at radius 1 is 1.06 bits per heavy atom. The van der Waals surface area contributed by atoms with E-state index in [1.807, 2.05) is 65.4 Å². The van der Waals surface area contributed by atoms with Crippen molar-refractivity contribution in [1.82, 2.24) is 9.48 Å². The number of benzene rings is 2. The second kappa shape index (κ2) is 11.1. The van der Waals surface area contributed by atoms with Gasteiger partial charge in [-0.05, 0) is 37.5 Å². The maximum atomic E-state index is 12.5. The topological polar surface area (TPSA) is 120 Å². The van der Waals surface area contributed by atoms with Crippen LogP contribution >= 0.6 is 0 Å². The van der Waals surface area contributed by atoms with Crippen molar-refractivity contribution in [2.45, 2.75) is 32.4 Å². The van der Waals surface area contributed by atoms with Crippen molar-refractivity contribution in [3.8, 4) is 0 Å². The van der Waals surface area contributed by atoms with Crippen molar-refractivity contribution in [1.29, 1.82) is 5.53 Å². The van der Waals surface area contributed by atoms with Crippen LogP contribution in [0.2, 0.25) is 0 Å². The molecule has 9 heteroatoms. The summed E-state index contributed by atoms with van der Waals surface area (Å²) in [6.45, 7) is 0.841. The van der Waals surface area contributed by atoms with Crippen molar-refractivity contribution in [2.75, 3.05) is 18.5 Å². The van der Waals surface area contributed by atoms with Gasteiger partial charge in [-0.15, -0.1) is 0 Å². The first-order valence-corrected chi connectivity index (χ1v) is 11.2. The van der Waals surface area contributed by atoms with E-state index >= 15 is 0 Å². The number of ether oxygens (including phenoxy) is 2. The quantitative estimate of drug-likeness (QED) is 0.139. The molecular weight excluding hydrogens is 434 g/mol. The molecule has 0 aliphatic carbocycles. The SMILES string of the molecule is N=[N+]=NCCCCCCOC(=O)OCn1cc(/C=C2\C(=O)Nc3ccccc32)c2ccccc21. The Labute approximate surface area is 196 Å². The zero-order chi connectivity index (χ0) is 23.8. The van der Waals surface area contributed by atoms with Crippen LogP contribution in [0.4, 0.5) is 10.5 Å². The molecule has 0 saturated heterocycles. The summed E-state index contributed by atoms with van der Waals surface area (Å²) in [5.74, 6) is -0.140. The molecule has 34 heavy (non-hydrogen) atoms. The Morgan fingerprint density at radius 3 is 2.74 bits per heavy atom. The van der Waals surface area contributed by atoms with Crippen molar-refractivity contribution >= 4 is 40.3 Å². The number of rotatable bonds is 10. The predicted molar refractivity (Wildman–Crippen MR) is 128 cm³/mol. The van der Waals surface area contributed by atoms with Crippen LogP contribution in [-0.4, -0.2) is 29.8 Å². The number of hydrogen-bond acceptors (Lipinski definition) is 6. The number of para-hydroxylation sites is 2. The van der Waals surface area contributed by atoms with Gasteiger partial charge in [0.25, 0.3) is 5.91 Å². The first-order chi connectivity index (χ1) is 16.7. The number of carbonyl (C=O) groups excluding carboxylic acids is 2. The number of aromatic nitrogens is 1. The second-order valence-corrected chi connectivity index (χ2v) is 7.88. The molecule has 4 rings (SSSR count). The number of unbranched alkanes of at least 4 members (excludes halogenated alkanes) is 3. The molecule has 0 fully saturated rings. The minimum absolute atomic E-state index is 0.00340. The third kappa shape index (κ3) is 5.39.